The van der Waals surface area contributed by atoms with Gasteiger partial charge < -0.3 is 9.64 Å². The first-order valence-electron chi connectivity index (χ1n) is 5.95. The quantitative estimate of drug-likeness (QED) is 0.563. The van der Waals surface area contributed by atoms with Gasteiger partial charge in [0.2, 0.25) is 0 Å². The number of hydrogen-bond acceptors (Lipinski definition) is 4. The Morgan fingerprint density at radius 2 is 2.33 bits per heavy atom. The van der Waals surface area contributed by atoms with Gasteiger partial charge in [-0.25, -0.2) is 0 Å². The van der Waals surface area contributed by atoms with Crippen LogP contribution in [0.5, 0.6) is 0 Å². The van der Waals surface area contributed by atoms with Gasteiger partial charge in [-0.3, -0.25) is 10.1 Å². The molecule has 0 amide bonds. The van der Waals surface area contributed by atoms with E-state index in [-0.39, 0.29) is 22.9 Å². The fraction of sp³-hybridized carbons (Fsp3) is 0.385. The minimum Gasteiger partial charge on any atom is -0.356 e. The molecule has 2 aliphatic rings. The van der Waals surface area contributed by atoms with Gasteiger partial charge in [0.05, 0.1) is 17.6 Å². The maximum atomic E-state index is 11.1. The molecule has 1 unspecified atom stereocenters. The number of nitrogens with zero attached hydrogens (tertiary/aromatic N) is 2. The zero-order chi connectivity index (χ0) is 12.9. The van der Waals surface area contributed by atoms with Gasteiger partial charge in [-0.1, -0.05) is 18.7 Å². The predicted molar refractivity (Wildman–Crippen MR) is 66.9 cm³/mol. The first-order valence-corrected chi connectivity index (χ1v) is 5.95. The summed E-state index contributed by atoms with van der Waals surface area (Å²) in [6.45, 7) is 6.79. The van der Waals surface area contributed by atoms with Gasteiger partial charge in [-0.15, -0.1) is 0 Å². The topological polar surface area (TPSA) is 55.6 Å². The smallest absolute Gasteiger partial charge is 0.273 e. The summed E-state index contributed by atoms with van der Waals surface area (Å²) in [5, 5.41) is 11.1. The van der Waals surface area contributed by atoms with E-state index in [9.17, 15) is 10.1 Å². The Balaban J connectivity index is 2.12. The van der Waals surface area contributed by atoms with E-state index < -0.39 is 0 Å². The van der Waals surface area contributed by atoms with Gasteiger partial charge in [0.15, 0.2) is 0 Å². The summed E-state index contributed by atoms with van der Waals surface area (Å²) < 4.78 is 5.67. The van der Waals surface area contributed by atoms with Crippen molar-refractivity contribution in [2.45, 2.75) is 25.6 Å². The lowest BCUT2D eigenvalue weighted by atomic mass is 9.94. The van der Waals surface area contributed by atoms with E-state index in [2.05, 4.69) is 18.4 Å². The largest absolute Gasteiger partial charge is 0.356 e. The highest BCUT2D eigenvalue weighted by Gasteiger charge is 2.39. The van der Waals surface area contributed by atoms with Crippen molar-refractivity contribution in [3.05, 3.63) is 46.0 Å². The van der Waals surface area contributed by atoms with E-state index in [0.717, 1.165) is 16.8 Å². The maximum absolute atomic E-state index is 11.1. The van der Waals surface area contributed by atoms with Gasteiger partial charge in [0, 0.05) is 29.3 Å². The van der Waals surface area contributed by atoms with Crippen LogP contribution in [-0.4, -0.2) is 28.7 Å². The normalized spacial score (nSPS) is 25.8. The summed E-state index contributed by atoms with van der Waals surface area (Å²) in [5.41, 5.74) is 2.60. The summed E-state index contributed by atoms with van der Waals surface area (Å²) >= 11 is 0. The van der Waals surface area contributed by atoms with Gasteiger partial charge in [-0.05, 0) is 6.92 Å². The van der Waals surface area contributed by atoms with E-state index in [0.29, 0.717) is 13.0 Å². The Bertz CT molecular complexity index is 541. The first kappa shape index (κ1) is 11.2. The number of benzene rings is 1. The summed E-state index contributed by atoms with van der Waals surface area (Å²) in [7, 11) is 0. The van der Waals surface area contributed by atoms with Gasteiger partial charge in [0.25, 0.3) is 5.69 Å². The van der Waals surface area contributed by atoms with Gasteiger partial charge in [0.1, 0.15) is 6.23 Å². The molecular weight excluding hydrogens is 232 g/mol. The molecule has 94 valence electrons. The molecule has 1 fully saturated rings. The van der Waals surface area contributed by atoms with Crippen LogP contribution < -0.4 is 0 Å². The highest BCUT2D eigenvalue weighted by molar-refractivity contribution is 5.71. The lowest BCUT2D eigenvalue weighted by Gasteiger charge is -2.35. The molecule has 1 aromatic carbocycles. The van der Waals surface area contributed by atoms with Gasteiger partial charge in [-0.2, -0.15) is 0 Å². The van der Waals surface area contributed by atoms with Gasteiger partial charge >= 0.3 is 0 Å². The second kappa shape index (κ2) is 3.81. The molecule has 0 N–H and O–H groups in total. The molecule has 0 aromatic heterocycles. The van der Waals surface area contributed by atoms with Crippen LogP contribution in [0.2, 0.25) is 0 Å². The Morgan fingerprint density at radius 1 is 1.56 bits per heavy atom. The number of fused-ring (bicyclic) bond motifs is 2. The zero-order valence-corrected chi connectivity index (χ0v) is 10.1. The van der Waals surface area contributed by atoms with Crippen LogP contribution in [0.1, 0.15) is 18.1 Å². The van der Waals surface area contributed by atoms with Crippen molar-refractivity contribution in [1.82, 2.24) is 4.90 Å². The highest BCUT2D eigenvalue weighted by atomic mass is 16.6. The maximum Gasteiger partial charge on any atom is 0.273 e. The molecule has 1 aromatic rings. The molecule has 0 radical (unpaired) electrons. The van der Waals surface area contributed by atoms with E-state index in [1.807, 2.05) is 6.07 Å². The highest BCUT2D eigenvalue weighted by Crippen LogP contribution is 2.39. The first-order chi connectivity index (χ1) is 8.59. The molecule has 2 heterocycles. The number of hydrogen-bond donors (Lipinski definition) is 0. The second-order valence-electron chi connectivity index (χ2n) is 4.76. The zero-order valence-electron chi connectivity index (χ0n) is 10.1. The summed E-state index contributed by atoms with van der Waals surface area (Å²) in [6.07, 6.45) is 0.441. The standard InChI is InChI=1S/C13H14N2O3/c1-8-7-18-13-6-11-10(9(2)14(8)13)4-3-5-12(11)15(16)17/h3-5,8,13H,2,6-7H2,1H3/t8-,13?/m0/s1. The molecular formula is C13H14N2O3. The Morgan fingerprint density at radius 3 is 3.06 bits per heavy atom. The van der Waals surface area contributed by atoms with Crippen LogP contribution in [0.3, 0.4) is 0 Å². The van der Waals surface area contributed by atoms with Crippen LogP contribution in [0.4, 0.5) is 5.69 Å². The fourth-order valence-electron chi connectivity index (χ4n) is 2.84. The van der Waals surface area contributed by atoms with Crippen LogP contribution in [-0.2, 0) is 11.2 Å². The molecule has 3 rings (SSSR count). The van der Waals surface area contributed by atoms with E-state index >= 15 is 0 Å². The minimum absolute atomic E-state index is 0.110. The number of ether oxygens (including phenoxy) is 1. The molecule has 0 saturated carbocycles. The van der Waals surface area contributed by atoms with Crippen molar-refractivity contribution in [2.24, 2.45) is 0 Å². The van der Waals surface area contributed by atoms with Crippen LogP contribution in [0.25, 0.3) is 5.70 Å². The molecule has 1 saturated heterocycles. The van der Waals surface area contributed by atoms with Crippen molar-refractivity contribution in [2.75, 3.05) is 6.61 Å². The molecule has 18 heavy (non-hydrogen) atoms. The third-order valence-electron chi connectivity index (χ3n) is 3.66. The van der Waals surface area contributed by atoms with Crippen molar-refractivity contribution in [1.29, 1.82) is 0 Å². The summed E-state index contributed by atoms with van der Waals surface area (Å²) in [6, 6.07) is 5.42. The second-order valence-corrected chi connectivity index (χ2v) is 4.76. The SMILES string of the molecule is C=C1c2cccc([N+](=O)[O-])c2CC2OC[C@H](C)N12. The van der Waals surface area contributed by atoms with Crippen LogP contribution >= 0.6 is 0 Å². The average molecular weight is 246 g/mol. The summed E-state index contributed by atoms with van der Waals surface area (Å²) in [5.74, 6) is 0. The lowest BCUT2D eigenvalue weighted by Crippen LogP contribution is -2.38. The van der Waals surface area contributed by atoms with Crippen molar-refractivity contribution in [3.63, 3.8) is 0 Å². The molecule has 5 heteroatoms. The van der Waals surface area contributed by atoms with Crippen LogP contribution in [0.15, 0.2) is 24.8 Å². The summed E-state index contributed by atoms with van der Waals surface area (Å²) in [4.78, 5) is 12.8. The predicted octanol–water partition coefficient (Wildman–Crippen LogP) is 2.17. The van der Waals surface area contributed by atoms with Crippen molar-refractivity contribution < 1.29 is 9.66 Å². The van der Waals surface area contributed by atoms with Crippen molar-refractivity contribution >= 4 is 11.4 Å². The Labute approximate surface area is 105 Å². The average Bonchev–Trinajstić information content (AvgIpc) is 2.70. The Kier molecular flexibility index (Phi) is 2.38. The van der Waals surface area contributed by atoms with E-state index in [1.165, 1.54) is 0 Å². The van der Waals surface area contributed by atoms with Crippen LogP contribution in [0, 0.1) is 10.1 Å². The molecule has 2 aliphatic heterocycles. The van der Waals surface area contributed by atoms with Crippen molar-refractivity contribution in [3.8, 4) is 0 Å². The number of nitro benzene ring substituents is 1. The molecule has 5 nitrogen and oxygen atoms in total. The number of rotatable bonds is 1. The fourth-order valence-corrected chi connectivity index (χ4v) is 2.84. The Hall–Kier alpha value is -1.88. The van der Waals surface area contributed by atoms with E-state index in [4.69, 9.17) is 4.74 Å². The number of nitro groups is 1. The minimum atomic E-state index is -0.333. The van der Waals surface area contributed by atoms with E-state index in [1.54, 1.807) is 12.1 Å². The lowest BCUT2D eigenvalue weighted by molar-refractivity contribution is -0.385. The third kappa shape index (κ3) is 1.44. The molecule has 0 spiro atoms. The molecule has 0 aliphatic carbocycles. The third-order valence-corrected chi connectivity index (χ3v) is 3.66. The molecule has 0 bridgehead atoms. The molecule has 2 atom stereocenters. The monoisotopic (exact) mass is 246 g/mol.